The highest BCUT2D eigenvalue weighted by atomic mass is 32.2. The summed E-state index contributed by atoms with van der Waals surface area (Å²) in [5.74, 6) is 0.339. The summed E-state index contributed by atoms with van der Waals surface area (Å²) in [5, 5.41) is 10.00. The molecule has 0 radical (unpaired) electrons. The Bertz CT molecular complexity index is 327. The summed E-state index contributed by atoms with van der Waals surface area (Å²) in [6.45, 7) is 1.63. The number of nitrogens with one attached hydrogen (secondary N) is 2. The van der Waals surface area contributed by atoms with Crippen molar-refractivity contribution in [3.63, 3.8) is 0 Å². The van der Waals surface area contributed by atoms with Crippen molar-refractivity contribution in [1.29, 1.82) is 5.41 Å². The van der Waals surface area contributed by atoms with Gasteiger partial charge in [-0.25, -0.2) is 0 Å². The van der Waals surface area contributed by atoms with Gasteiger partial charge in [-0.2, -0.15) is 0 Å². The van der Waals surface area contributed by atoms with Gasteiger partial charge in [0, 0.05) is 0 Å². The Labute approximate surface area is 80.3 Å². The Kier molecular flexibility index (Phi) is 3.45. The second-order valence-electron chi connectivity index (χ2n) is 2.39. The lowest BCUT2D eigenvalue weighted by molar-refractivity contribution is 1.31. The van der Waals surface area contributed by atoms with E-state index in [1.165, 1.54) is 11.9 Å². The third kappa shape index (κ3) is 2.87. The maximum absolute atomic E-state index is 10.3. The van der Waals surface area contributed by atoms with Crippen LogP contribution >= 0.6 is 11.9 Å². The molecule has 0 saturated heterocycles. The molecule has 0 saturated carbocycles. The van der Waals surface area contributed by atoms with E-state index >= 15 is 0 Å². The average Bonchev–Trinajstić information content (AvgIpc) is 2.15. The number of rotatable bonds is 3. The molecule has 0 aromatic heterocycles. The topological polar surface area (TPSA) is 65.3 Å². The van der Waals surface area contributed by atoms with Crippen molar-refractivity contribution in [2.75, 3.05) is 0 Å². The van der Waals surface area contributed by atoms with E-state index in [-0.39, 0.29) is 0 Å². The SMILES string of the molecule is CC(=N)NSc1ccccc1N=O. The predicted molar refractivity (Wildman–Crippen MR) is 54.3 cm³/mol. The summed E-state index contributed by atoms with van der Waals surface area (Å²) in [6.07, 6.45) is 0. The second-order valence-corrected chi connectivity index (χ2v) is 3.24. The monoisotopic (exact) mass is 195 g/mol. The van der Waals surface area contributed by atoms with E-state index in [4.69, 9.17) is 5.41 Å². The molecule has 5 heteroatoms. The molecule has 4 nitrogen and oxygen atoms in total. The smallest absolute Gasteiger partial charge is 0.123 e. The standard InChI is InChI=1S/C8H9N3OS/c1-6(9)11-13-8-5-3-2-4-7(8)10-12/h2-5H,1H3,(H2,9,11). The molecule has 13 heavy (non-hydrogen) atoms. The Morgan fingerprint density at radius 3 is 2.85 bits per heavy atom. The predicted octanol–water partition coefficient (Wildman–Crippen LogP) is 2.68. The van der Waals surface area contributed by atoms with E-state index < -0.39 is 0 Å². The van der Waals surface area contributed by atoms with Crippen LogP contribution in [-0.2, 0) is 0 Å². The summed E-state index contributed by atoms with van der Waals surface area (Å²) in [7, 11) is 0. The minimum atomic E-state index is 0.339. The van der Waals surface area contributed by atoms with Crippen LogP contribution in [0.15, 0.2) is 34.3 Å². The van der Waals surface area contributed by atoms with Gasteiger partial charge in [-0.05, 0) is 36.2 Å². The van der Waals surface area contributed by atoms with Gasteiger partial charge < -0.3 is 4.72 Å². The molecule has 0 aliphatic carbocycles. The van der Waals surface area contributed by atoms with E-state index in [2.05, 4.69) is 9.90 Å². The first-order chi connectivity index (χ1) is 6.24. The molecular formula is C8H9N3OS. The van der Waals surface area contributed by atoms with Crippen LogP contribution in [0.2, 0.25) is 0 Å². The van der Waals surface area contributed by atoms with Crippen molar-refractivity contribution in [2.24, 2.45) is 5.18 Å². The molecule has 0 atom stereocenters. The molecule has 68 valence electrons. The van der Waals surface area contributed by atoms with Gasteiger partial charge in [0.2, 0.25) is 0 Å². The largest absolute Gasteiger partial charge is 0.314 e. The fourth-order valence-electron chi connectivity index (χ4n) is 0.750. The number of nitrogens with zero attached hydrogens (tertiary/aromatic N) is 1. The Hall–Kier alpha value is -1.36. The number of amidine groups is 1. The van der Waals surface area contributed by atoms with Crippen LogP contribution in [0.25, 0.3) is 0 Å². The Morgan fingerprint density at radius 1 is 1.54 bits per heavy atom. The summed E-state index contributed by atoms with van der Waals surface area (Å²) in [6, 6.07) is 6.98. The molecule has 0 aliphatic heterocycles. The zero-order chi connectivity index (χ0) is 9.68. The lowest BCUT2D eigenvalue weighted by Gasteiger charge is -2.03. The minimum Gasteiger partial charge on any atom is -0.314 e. The molecule has 2 N–H and O–H groups in total. The fraction of sp³-hybridized carbons (Fsp3) is 0.125. The Morgan fingerprint density at radius 2 is 2.23 bits per heavy atom. The first-order valence-corrected chi connectivity index (χ1v) is 4.46. The average molecular weight is 195 g/mol. The lowest BCUT2D eigenvalue weighted by Crippen LogP contribution is -2.08. The van der Waals surface area contributed by atoms with Crippen molar-refractivity contribution in [2.45, 2.75) is 11.8 Å². The van der Waals surface area contributed by atoms with Crippen molar-refractivity contribution < 1.29 is 0 Å². The normalized spacial score (nSPS) is 9.31. The van der Waals surface area contributed by atoms with Gasteiger partial charge in [0.05, 0.1) is 4.90 Å². The highest BCUT2D eigenvalue weighted by Gasteiger charge is 2.01. The van der Waals surface area contributed by atoms with Crippen molar-refractivity contribution in [3.8, 4) is 0 Å². The molecular weight excluding hydrogens is 186 g/mol. The number of hydrogen-bond donors (Lipinski definition) is 2. The van der Waals surface area contributed by atoms with Gasteiger partial charge in [-0.1, -0.05) is 12.1 Å². The van der Waals surface area contributed by atoms with Crippen LogP contribution in [0.4, 0.5) is 5.69 Å². The van der Waals surface area contributed by atoms with Gasteiger partial charge in [0.1, 0.15) is 11.5 Å². The second kappa shape index (κ2) is 4.61. The van der Waals surface area contributed by atoms with Crippen LogP contribution in [0.5, 0.6) is 0 Å². The van der Waals surface area contributed by atoms with E-state index in [1.807, 2.05) is 6.07 Å². The highest BCUT2D eigenvalue weighted by Crippen LogP contribution is 2.26. The van der Waals surface area contributed by atoms with E-state index in [1.54, 1.807) is 25.1 Å². The van der Waals surface area contributed by atoms with Gasteiger partial charge in [-0.3, -0.25) is 5.41 Å². The number of benzene rings is 1. The summed E-state index contributed by atoms with van der Waals surface area (Å²) in [5.41, 5.74) is 0.390. The third-order valence-corrected chi connectivity index (χ3v) is 2.25. The van der Waals surface area contributed by atoms with E-state index in [0.29, 0.717) is 11.5 Å². The number of nitroso groups, excluding NO2 is 1. The van der Waals surface area contributed by atoms with E-state index in [0.717, 1.165) is 4.90 Å². The quantitative estimate of drug-likeness (QED) is 0.337. The summed E-state index contributed by atoms with van der Waals surface area (Å²) < 4.78 is 2.74. The fourth-order valence-corrected chi connectivity index (χ4v) is 1.37. The molecule has 1 rings (SSSR count). The highest BCUT2D eigenvalue weighted by molar-refractivity contribution is 7.98. The van der Waals surface area contributed by atoms with Crippen LogP contribution in [0.1, 0.15) is 6.92 Å². The van der Waals surface area contributed by atoms with Crippen LogP contribution in [0.3, 0.4) is 0 Å². The third-order valence-electron chi connectivity index (χ3n) is 1.28. The van der Waals surface area contributed by atoms with Gasteiger partial charge in [0.25, 0.3) is 0 Å². The van der Waals surface area contributed by atoms with Crippen LogP contribution < -0.4 is 4.72 Å². The van der Waals surface area contributed by atoms with E-state index in [9.17, 15) is 4.91 Å². The molecule has 0 bridgehead atoms. The molecule has 0 heterocycles. The van der Waals surface area contributed by atoms with Crippen LogP contribution in [0, 0.1) is 10.3 Å². The molecule has 1 aromatic carbocycles. The molecule has 1 aromatic rings. The molecule has 0 spiro atoms. The van der Waals surface area contributed by atoms with Crippen LogP contribution in [-0.4, -0.2) is 5.84 Å². The van der Waals surface area contributed by atoms with Gasteiger partial charge in [-0.15, -0.1) is 4.91 Å². The maximum Gasteiger partial charge on any atom is 0.123 e. The van der Waals surface area contributed by atoms with Gasteiger partial charge in [0.15, 0.2) is 0 Å². The zero-order valence-electron chi connectivity index (χ0n) is 7.07. The zero-order valence-corrected chi connectivity index (χ0v) is 7.89. The first kappa shape index (κ1) is 9.73. The van der Waals surface area contributed by atoms with Crippen molar-refractivity contribution in [3.05, 3.63) is 29.2 Å². The summed E-state index contributed by atoms with van der Waals surface area (Å²) >= 11 is 1.21. The van der Waals surface area contributed by atoms with Crippen molar-refractivity contribution in [1.82, 2.24) is 4.72 Å². The van der Waals surface area contributed by atoms with Gasteiger partial charge >= 0.3 is 0 Å². The minimum absolute atomic E-state index is 0.339. The molecule has 0 amide bonds. The molecule has 0 aliphatic rings. The molecule has 0 unspecified atom stereocenters. The molecule has 0 fully saturated rings. The van der Waals surface area contributed by atoms with Crippen molar-refractivity contribution >= 4 is 23.5 Å². The first-order valence-electron chi connectivity index (χ1n) is 3.64. The summed E-state index contributed by atoms with van der Waals surface area (Å²) in [4.78, 5) is 11.1. The lowest BCUT2D eigenvalue weighted by atomic mass is 10.3. The Balaban J connectivity index is 2.75. The number of hydrogen-bond acceptors (Lipinski definition) is 4. The maximum atomic E-state index is 10.3.